The summed E-state index contributed by atoms with van der Waals surface area (Å²) < 4.78 is 2.22. The molecule has 10 nitrogen and oxygen atoms in total. The van der Waals surface area contributed by atoms with E-state index in [9.17, 15) is 15.1 Å². The average Bonchev–Trinajstić information content (AvgIpc) is 3.60. The number of hydrogen-bond acceptors (Lipinski definition) is 7. The van der Waals surface area contributed by atoms with Crippen LogP contribution in [0.4, 0.5) is 0 Å². The number of aromatic nitrogens is 7. The van der Waals surface area contributed by atoms with Gasteiger partial charge in [0.25, 0.3) is 11.5 Å². The van der Waals surface area contributed by atoms with Crippen molar-refractivity contribution in [2.45, 2.75) is 45.8 Å². The van der Waals surface area contributed by atoms with E-state index in [0.717, 1.165) is 35.1 Å². The minimum Gasteiger partial charge on any atom is -0.618 e. The fraction of sp³-hybridized carbons (Fsp3) is 0.241. The van der Waals surface area contributed by atoms with Gasteiger partial charge in [-0.1, -0.05) is 67.4 Å². The van der Waals surface area contributed by atoms with Crippen LogP contribution in [-0.4, -0.2) is 41.1 Å². The predicted octanol–water partition coefficient (Wildman–Crippen LogP) is 4.69. The number of imidazole rings is 1. The Morgan fingerprint density at radius 2 is 1.93 bits per heavy atom. The number of aryl methyl sites for hydroxylation is 1. The van der Waals surface area contributed by atoms with Crippen LogP contribution in [0.25, 0.3) is 22.5 Å². The summed E-state index contributed by atoms with van der Waals surface area (Å²) in [7, 11) is 0. The van der Waals surface area contributed by atoms with Crippen molar-refractivity contribution in [1.29, 1.82) is 0 Å². The Morgan fingerprint density at radius 3 is 2.62 bits per heavy atom. The summed E-state index contributed by atoms with van der Waals surface area (Å²) in [6, 6.07) is 20.3. The molecule has 0 saturated heterocycles. The molecule has 1 atom stereocenters. The molecule has 0 bridgehead atoms. The smallest absolute Gasteiger partial charge is 0.277 e. The van der Waals surface area contributed by atoms with Gasteiger partial charge in [0.1, 0.15) is 17.6 Å². The predicted molar refractivity (Wildman–Crippen MR) is 149 cm³/mol. The van der Waals surface area contributed by atoms with Gasteiger partial charge in [-0.3, -0.25) is 4.79 Å². The van der Waals surface area contributed by atoms with Crippen LogP contribution in [-0.2, 0) is 13.0 Å². The number of aliphatic hydroxyl groups is 1. The van der Waals surface area contributed by atoms with Gasteiger partial charge >= 0.3 is 0 Å². The summed E-state index contributed by atoms with van der Waals surface area (Å²) in [4.78, 5) is 18.3. The first-order chi connectivity index (χ1) is 19.4. The number of aliphatic hydroxyl groups excluding tert-OH is 1. The highest BCUT2D eigenvalue weighted by molar-refractivity contribution is 6.33. The lowest BCUT2D eigenvalue weighted by Gasteiger charge is -2.15. The highest BCUT2D eigenvalue weighted by Gasteiger charge is 2.30. The zero-order chi connectivity index (χ0) is 28.2. The van der Waals surface area contributed by atoms with Crippen molar-refractivity contribution in [3.05, 3.63) is 106 Å². The van der Waals surface area contributed by atoms with Gasteiger partial charge < -0.3 is 14.9 Å². The van der Waals surface area contributed by atoms with E-state index >= 15 is 0 Å². The van der Waals surface area contributed by atoms with Gasteiger partial charge in [0, 0.05) is 30.7 Å². The normalized spacial score (nSPS) is 12.0. The fourth-order valence-corrected chi connectivity index (χ4v) is 4.98. The van der Waals surface area contributed by atoms with E-state index in [1.54, 1.807) is 10.6 Å². The molecule has 0 radical (unpaired) electrons. The number of nitrogens with one attached hydrogen (secondary N) is 1. The number of unbranched alkanes of at least 4 members (excludes halogenated alkanes) is 1. The molecule has 2 N–H and O–H groups in total. The van der Waals surface area contributed by atoms with Crippen molar-refractivity contribution in [3.8, 4) is 22.5 Å². The number of hydrogen-bond donors (Lipinski definition) is 2. The van der Waals surface area contributed by atoms with Gasteiger partial charge in [-0.15, -0.1) is 10.2 Å². The Morgan fingerprint density at radius 1 is 1.12 bits per heavy atom. The van der Waals surface area contributed by atoms with Gasteiger partial charge in [-0.25, -0.2) is 4.98 Å². The summed E-state index contributed by atoms with van der Waals surface area (Å²) in [5, 5.41) is 37.7. The van der Waals surface area contributed by atoms with Crippen LogP contribution in [0, 0.1) is 5.21 Å². The third-order valence-corrected chi connectivity index (χ3v) is 6.97. The SMILES string of the molecule is CCCCc1nc(Cl)c(C(=O)c2cccc(C(C)O)[n+]2[O-])n1Cc1ccc(-c2ccccc2)c(-c2nn[nH]n2)c1. The van der Waals surface area contributed by atoms with E-state index in [-0.39, 0.29) is 28.8 Å². The molecule has 3 heterocycles. The maximum atomic E-state index is 13.8. The highest BCUT2D eigenvalue weighted by atomic mass is 35.5. The van der Waals surface area contributed by atoms with Crippen LogP contribution in [0.3, 0.4) is 0 Å². The van der Waals surface area contributed by atoms with Gasteiger partial charge in [-0.2, -0.15) is 9.94 Å². The van der Waals surface area contributed by atoms with E-state index in [1.165, 1.54) is 19.1 Å². The van der Waals surface area contributed by atoms with Crippen molar-refractivity contribution < 1.29 is 14.6 Å². The van der Waals surface area contributed by atoms with Crippen molar-refractivity contribution in [3.63, 3.8) is 0 Å². The number of benzene rings is 2. The van der Waals surface area contributed by atoms with Crippen LogP contribution >= 0.6 is 11.6 Å². The lowest BCUT2D eigenvalue weighted by molar-refractivity contribution is -0.620. The molecule has 5 aromatic rings. The van der Waals surface area contributed by atoms with E-state index in [2.05, 4.69) is 32.5 Å². The number of tetrazole rings is 1. The molecule has 11 heteroatoms. The van der Waals surface area contributed by atoms with Crippen molar-refractivity contribution in [2.24, 2.45) is 0 Å². The molecule has 0 aliphatic carbocycles. The van der Waals surface area contributed by atoms with Crippen molar-refractivity contribution >= 4 is 17.4 Å². The number of pyridine rings is 1. The monoisotopic (exact) mass is 557 g/mol. The van der Waals surface area contributed by atoms with Crippen LogP contribution in [0.15, 0.2) is 66.7 Å². The lowest BCUT2D eigenvalue weighted by Crippen LogP contribution is -2.40. The Bertz CT molecular complexity index is 1630. The number of carbonyl (C=O) groups is 1. The van der Waals surface area contributed by atoms with Crippen LogP contribution < -0.4 is 4.73 Å². The maximum absolute atomic E-state index is 13.8. The number of carbonyl (C=O) groups excluding carboxylic acids is 1. The Kier molecular flexibility index (Phi) is 7.99. The van der Waals surface area contributed by atoms with Crippen LogP contribution in [0.2, 0.25) is 5.15 Å². The average molecular weight is 558 g/mol. The van der Waals surface area contributed by atoms with Gasteiger partial charge in [0.05, 0.1) is 0 Å². The first-order valence-corrected chi connectivity index (χ1v) is 13.4. The first kappa shape index (κ1) is 27.2. The van der Waals surface area contributed by atoms with Gasteiger partial charge in [-0.05, 0) is 47.4 Å². The molecule has 0 fully saturated rings. The molecule has 3 aromatic heterocycles. The van der Waals surface area contributed by atoms with Gasteiger partial charge in [0.15, 0.2) is 5.15 Å². The Balaban J connectivity index is 1.61. The molecule has 1 unspecified atom stereocenters. The maximum Gasteiger partial charge on any atom is 0.277 e. The number of aromatic amines is 1. The number of ketones is 1. The van der Waals surface area contributed by atoms with Crippen molar-refractivity contribution in [1.82, 2.24) is 30.2 Å². The Hall–Kier alpha value is -4.41. The highest BCUT2D eigenvalue weighted by Crippen LogP contribution is 2.32. The van der Waals surface area contributed by atoms with E-state index in [1.807, 2.05) is 48.5 Å². The fourth-order valence-electron chi connectivity index (χ4n) is 4.69. The summed E-state index contributed by atoms with van der Waals surface area (Å²) >= 11 is 6.57. The lowest BCUT2D eigenvalue weighted by atomic mass is 9.97. The topological polar surface area (TPSA) is 137 Å². The molecule has 0 spiro atoms. The molecule has 204 valence electrons. The number of H-pyrrole nitrogens is 1. The van der Waals surface area contributed by atoms with E-state index in [0.29, 0.717) is 22.8 Å². The number of nitrogens with zero attached hydrogens (tertiary/aromatic N) is 6. The van der Waals surface area contributed by atoms with Crippen LogP contribution in [0.5, 0.6) is 0 Å². The minimum absolute atomic E-state index is 0.0258. The van der Waals surface area contributed by atoms with Gasteiger partial charge in [0.2, 0.25) is 11.5 Å². The molecule has 2 aromatic carbocycles. The summed E-state index contributed by atoms with van der Waals surface area (Å²) in [5.74, 6) is 0.513. The third kappa shape index (κ3) is 5.36. The third-order valence-electron chi connectivity index (χ3n) is 6.70. The van der Waals surface area contributed by atoms with E-state index < -0.39 is 11.9 Å². The molecular weight excluding hydrogens is 530 g/mol. The second-order valence-corrected chi connectivity index (χ2v) is 9.83. The molecule has 40 heavy (non-hydrogen) atoms. The molecular formula is C29H28ClN7O3. The number of halogens is 1. The quantitative estimate of drug-likeness (QED) is 0.144. The summed E-state index contributed by atoms with van der Waals surface area (Å²) in [6.45, 7) is 3.82. The second-order valence-electron chi connectivity index (χ2n) is 9.47. The molecule has 0 saturated carbocycles. The molecule has 0 amide bonds. The standard InChI is InChI=1S/C29H28ClN7O3/c1-3-4-13-25-31-28(30)26(27(39)24-12-8-11-23(18(2)38)37(24)40)36(25)17-19-14-15-21(20-9-6-5-7-10-20)22(16-19)29-32-34-35-33-29/h5-12,14-16,18,38H,3-4,13,17H2,1-2H3,(H,32,33,34,35). The number of rotatable bonds is 10. The zero-order valence-corrected chi connectivity index (χ0v) is 22.8. The van der Waals surface area contributed by atoms with E-state index in [4.69, 9.17) is 11.6 Å². The molecule has 5 rings (SSSR count). The summed E-state index contributed by atoms with van der Waals surface area (Å²) in [6.07, 6.45) is 1.34. The zero-order valence-electron chi connectivity index (χ0n) is 22.1. The van der Waals surface area contributed by atoms with Crippen molar-refractivity contribution in [2.75, 3.05) is 0 Å². The molecule has 0 aliphatic rings. The summed E-state index contributed by atoms with van der Waals surface area (Å²) in [5.41, 5.74) is 3.60. The first-order valence-electron chi connectivity index (χ1n) is 13.0. The minimum atomic E-state index is -1.04. The second kappa shape index (κ2) is 11.8. The largest absolute Gasteiger partial charge is 0.618 e. The van der Waals surface area contributed by atoms with Crippen LogP contribution in [0.1, 0.15) is 66.1 Å². The Labute approximate surface area is 235 Å². The molecule has 0 aliphatic heterocycles.